The second kappa shape index (κ2) is 3.93. The lowest BCUT2D eigenvalue weighted by molar-refractivity contribution is -0.345. The van der Waals surface area contributed by atoms with E-state index in [0.29, 0.717) is 0 Å². The standard InChI is InChI=1S/C8H13N3O4S/c1-4-16(14,15)6(2)8(3)9-5-7(10-8)11(12)13/h5-6H,4H2,1-3H3. The van der Waals surface area contributed by atoms with Crippen LogP contribution in [0.4, 0.5) is 0 Å². The van der Waals surface area contributed by atoms with Crippen LogP contribution >= 0.6 is 0 Å². The van der Waals surface area contributed by atoms with Gasteiger partial charge < -0.3 is 10.1 Å². The molecule has 0 bridgehead atoms. The molecule has 0 radical (unpaired) electrons. The minimum atomic E-state index is -3.33. The van der Waals surface area contributed by atoms with Crippen molar-refractivity contribution in [2.45, 2.75) is 31.7 Å². The fourth-order valence-electron chi connectivity index (χ4n) is 1.35. The van der Waals surface area contributed by atoms with Gasteiger partial charge in [0.15, 0.2) is 9.84 Å². The molecule has 0 aliphatic carbocycles. The third kappa shape index (κ3) is 2.11. The second-order valence-electron chi connectivity index (χ2n) is 3.67. The first-order chi connectivity index (χ1) is 7.23. The van der Waals surface area contributed by atoms with Crippen LogP contribution in [0, 0.1) is 10.1 Å². The Bertz CT molecular complexity index is 468. The molecule has 0 spiro atoms. The number of aliphatic imine (C=N–C) groups is 2. The van der Waals surface area contributed by atoms with Gasteiger partial charge in [-0.2, -0.15) is 0 Å². The van der Waals surface area contributed by atoms with Gasteiger partial charge in [0.2, 0.25) is 0 Å². The molecular weight excluding hydrogens is 234 g/mol. The number of sulfone groups is 1. The topological polar surface area (TPSA) is 102 Å². The highest BCUT2D eigenvalue weighted by atomic mass is 32.2. The van der Waals surface area contributed by atoms with Gasteiger partial charge in [-0.15, -0.1) is 0 Å². The van der Waals surface area contributed by atoms with E-state index in [2.05, 4.69) is 9.98 Å². The van der Waals surface area contributed by atoms with Crippen molar-refractivity contribution in [2.75, 3.05) is 5.75 Å². The van der Waals surface area contributed by atoms with E-state index in [0.717, 1.165) is 6.21 Å². The zero-order valence-electron chi connectivity index (χ0n) is 9.24. The molecule has 2 unspecified atom stereocenters. The van der Waals surface area contributed by atoms with E-state index in [1.165, 1.54) is 20.8 Å². The highest BCUT2D eigenvalue weighted by Gasteiger charge is 2.47. The second-order valence-corrected chi connectivity index (χ2v) is 6.28. The van der Waals surface area contributed by atoms with Crippen LogP contribution in [-0.4, -0.2) is 42.1 Å². The minimum absolute atomic E-state index is 0.0391. The van der Waals surface area contributed by atoms with Crippen molar-refractivity contribution in [1.29, 1.82) is 0 Å². The fraction of sp³-hybridized carbons (Fsp3) is 0.750. The van der Waals surface area contributed by atoms with Crippen molar-refractivity contribution >= 4 is 21.9 Å². The van der Waals surface area contributed by atoms with E-state index in [1.54, 1.807) is 0 Å². The van der Waals surface area contributed by atoms with E-state index in [1.807, 2.05) is 0 Å². The van der Waals surface area contributed by atoms with E-state index in [4.69, 9.17) is 0 Å². The maximum Gasteiger partial charge on any atom is 0.378 e. The Kier molecular flexibility index (Phi) is 3.13. The van der Waals surface area contributed by atoms with Gasteiger partial charge in [-0.05, 0) is 16.8 Å². The molecule has 16 heavy (non-hydrogen) atoms. The largest absolute Gasteiger partial charge is 0.378 e. The third-order valence-corrected chi connectivity index (χ3v) is 5.01. The number of nitrogens with zero attached hydrogens (tertiary/aromatic N) is 3. The molecule has 0 saturated heterocycles. The summed E-state index contributed by atoms with van der Waals surface area (Å²) in [7, 11) is -3.33. The number of hydrogen-bond acceptors (Lipinski definition) is 6. The Morgan fingerprint density at radius 2 is 2.19 bits per heavy atom. The Labute approximate surface area is 93.4 Å². The summed E-state index contributed by atoms with van der Waals surface area (Å²) in [5.41, 5.74) is -1.28. The quantitative estimate of drug-likeness (QED) is 0.528. The van der Waals surface area contributed by atoms with E-state index >= 15 is 0 Å². The zero-order chi connectivity index (χ0) is 12.6. The predicted octanol–water partition coefficient (Wildman–Crippen LogP) is 0.285. The molecule has 0 N–H and O–H groups in total. The summed E-state index contributed by atoms with van der Waals surface area (Å²) in [6.45, 7) is 4.45. The summed E-state index contributed by atoms with van der Waals surface area (Å²) in [6, 6.07) is 0. The van der Waals surface area contributed by atoms with Crippen LogP contribution in [0.15, 0.2) is 9.98 Å². The first-order valence-corrected chi connectivity index (χ1v) is 6.45. The molecule has 1 aliphatic rings. The molecule has 0 amide bonds. The molecule has 1 heterocycles. The van der Waals surface area contributed by atoms with Crippen molar-refractivity contribution in [2.24, 2.45) is 9.98 Å². The molecule has 0 saturated carbocycles. The Hall–Kier alpha value is -1.31. The summed E-state index contributed by atoms with van der Waals surface area (Å²) in [5.74, 6) is -0.441. The Balaban J connectivity index is 3.09. The van der Waals surface area contributed by atoms with E-state index < -0.39 is 31.5 Å². The summed E-state index contributed by atoms with van der Waals surface area (Å²) >= 11 is 0. The van der Waals surface area contributed by atoms with Crippen LogP contribution < -0.4 is 0 Å². The summed E-state index contributed by atoms with van der Waals surface area (Å²) in [4.78, 5) is 17.4. The van der Waals surface area contributed by atoms with E-state index in [-0.39, 0.29) is 5.75 Å². The highest BCUT2D eigenvalue weighted by molar-refractivity contribution is 7.92. The first-order valence-electron chi connectivity index (χ1n) is 4.74. The summed E-state index contributed by atoms with van der Waals surface area (Å²) in [6.07, 6.45) is 1.00. The van der Waals surface area contributed by atoms with Crippen LogP contribution in [0.3, 0.4) is 0 Å². The fourth-order valence-corrected chi connectivity index (χ4v) is 2.65. The molecule has 1 aliphatic heterocycles. The Morgan fingerprint density at radius 1 is 1.62 bits per heavy atom. The van der Waals surface area contributed by atoms with Crippen molar-refractivity contribution in [3.05, 3.63) is 10.1 Å². The molecule has 0 aromatic rings. The smallest absolute Gasteiger partial charge is 0.358 e. The average Bonchev–Trinajstić information content (AvgIpc) is 2.61. The van der Waals surface area contributed by atoms with Gasteiger partial charge in [0.1, 0.15) is 11.5 Å². The molecule has 0 aromatic carbocycles. The van der Waals surface area contributed by atoms with Crippen molar-refractivity contribution < 1.29 is 13.3 Å². The van der Waals surface area contributed by atoms with E-state index in [9.17, 15) is 18.5 Å². The van der Waals surface area contributed by atoms with Crippen molar-refractivity contribution in [1.82, 2.24) is 0 Å². The van der Waals surface area contributed by atoms with Gasteiger partial charge in [-0.3, -0.25) is 0 Å². The maximum atomic E-state index is 11.7. The van der Waals surface area contributed by atoms with Gasteiger partial charge in [-0.25, -0.2) is 13.4 Å². The molecule has 8 heteroatoms. The minimum Gasteiger partial charge on any atom is -0.358 e. The van der Waals surface area contributed by atoms with Crippen LogP contribution in [0.5, 0.6) is 0 Å². The number of rotatable bonds is 3. The molecule has 1 rings (SSSR count). The summed E-state index contributed by atoms with van der Waals surface area (Å²) in [5, 5.41) is 9.59. The molecule has 7 nitrogen and oxygen atoms in total. The SMILES string of the molecule is CCS(=O)(=O)C(C)C1(C)N=CC([N+](=O)[O-])=N1. The first kappa shape index (κ1) is 12.8. The van der Waals surface area contributed by atoms with Crippen molar-refractivity contribution in [3.8, 4) is 0 Å². The van der Waals surface area contributed by atoms with Gasteiger partial charge in [0, 0.05) is 12.7 Å². The number of amidine groups is 1. The normalized spacial score (nSPS) is 26.6. The van der Waals surface area contributed by atoms with Crippen LogP contribution in [0.1, 0.15) is 20.8 Å². The molecule has 0 fully saturated rings. The van der Waals surface area contributed by atoms with Crippen LogP contribution in [0.2, 0.25) is 0 Å². The highest BCUT2D eigenvalue weighted by Crippen LogP contribution is 2.26. The maximum absolute atomic E-state index is 11.7. The third-order valence-electron chi connectivity index (χ3n) is 2.68. The molecule has 2 atom stereocenters. The van der Waals surface area contributed by atoms with Crippen LogP contribution in [-0.2, 0) is 9.84 Å². The Morgan fingerprint density at radius 3 is 2.56 bits per heavy atom. The summed E-state index contributed by atoms with van der Waals surface area (Å²) < 4.78 is 23.3. The predicted molar refractivity (Wildman–Crippen MR) is 60.2 cm³/mol. The molecular formula is C8H13N3O4S. The molecule has 0 aromatic heterocycles. The molecule has 90 valence electrons. The van der Waals surface area contributed by atoms with Gasteiger partial charge >= 0.3 is 5.84 Å². The van der Waals surface area contributed by atoms with Gasteiger partial charge in [-0.1, -0.05) is 6.92 Å². The van der Waals surface area contributed by atoms with Gasteiger partial charge in [0.25, 0.3) is 5.66 Å². The average molecular weight is 247 g/mol. The van der Waals surface area contributed by atoms with Gasteiger partial charge in [0.05, 0.1) is 0 Å². The van der Waals surface area contributed by atoms with Crippen molar-refractivity contribution in [3.63, 3.8) is 0 Å². The number of nitro groups is 1. The lowest BCUT2D eigenvalue weighted by Gasteiger charge is -2.19. The van der Waals surface area contributed by atoms with Crippen LogP contribution in [0.25, 0.3) is 0 Å². The monoisotopic (exact) mass is 247 g/mol. The number of hydrogen-bond donors (Lipinski definition) is 0. The zero-order valence-corrected chi connectivity index (χ0v) is 10.1. The lowest BCUT2D eigenvalue weighted by Crippen LogP contribution is -2.39. The lowest BCUT2D eigenvalue weighted by atomic mass is 10.1.